The lowest BCUT2D eigenvalue weighted by Gasteiger charge is -2.32. The van der Waals surface area contributed by atoms with E-state index >= 15 is 0 Å². The molecule has 0 bridgehead atoms. The van der Waals surface area contributed by atoms with Crippen LogP contribution in [-0.2, 0) is 6.42 Å². The Morgan fingerprint density at radius 2 is 2.09 bits per heavy atom. The second kappa shape index (κ2) is 7.51. The van der Waals surface area contributed by atoms with E-state index in [0.29, 0.717) is 12.5 Å². The molecule has 10 heteroatoms. The molecule has 5 aromatic heterocycles. The van der Waals surface area contributed by atoms with Crippen LogP contribution in [0.5, 0.6) is 0 Å². The Kier molecular flexibility index (Phi) is 4.46. The highest BCUT2D eigenvalue weighted by Crippen LogP contribution is 2.37. The van der Waals surface area contributed by atoms with Gasteiger partial charge in [-0.15, -0.1) is 5.10 Å². The number of rotatable bonds is 4. The van der Waals surface area contributed by atoms with Crippen molar-refractivity contribution in [2.75, 3.05) is 11.4 Å². The van der Waals surface area contributed by atoms with Crippen LogP contribution in [0.3, 0.4) is 0 Å². The summed E-state index contributed by atoms with van der Waals surface area (Å²) in [6, 6.07) is 8.99. The average Bonchev–Trinajstić information content (AvgIpc) is 3.56. The molecule has 1 N–H and O–H groups in total. The van der Waals surface area contributed by atoms with E-state index in [2.05, 4.69) is 51.1 Å². The first-order valence-electron chi connectivity index (χ1n) is 10.8. The Morgan fingerprint density at radius 1 is 1.18 bits per heavy atom. The fraction of sp³-hybridized carbons (Fsp3) is 0.261. The average molecular weight is 444 g/mol. The number of aromatic amines is 1. The Bertz CT molecular complexity index is 1450. The molecule has 0 radical (unpaired) electrons. The number of hydrogen-bond acceptors (Lipinski definition) is 7. The van der Waals surface area contributed by atoms with Crippen molar-refractivity contribution in [2.45, 2.75) is 32.2 Å². The molecule has 5 aromatic rings. The van der Waals surface area contributed by atoms with Crippen LogP contribution < -0.4 is 4.90 Å². The smallest absolute Gasteiger partial charge is 0.319 e. The third-order valence-corrected chi connectivity index (χ3v) is 6.00. The maximum absolute atomic E-state index is 14.2. The van der Waals surface area contributed by atoms with Crippen LogP contribution in [0.15, 0.2) is 53.5 Å². The first-order chi connectivity index (χ1) is 16.1. The molecule has 0 fully saturated rings. The van der Waals surface area contributed by atoms with Gasteiger partial charge in [0.2, 0.25) is 0 Å². The second-order valence-electron chi connectivity index (χ2n) is 8.35. The van der Waals surface area contributed by atoms with Gasteiger partial charge in [-0.2, -0.15) is 5.10 Å². The lowest BCUT2D eigenvalue weighted by Crippen LogP contribution is -2.36. The van der Waals surface area contributed by atoms with Gasteiger partial charge < -0.3 is 14.3 Å². The van der Waals surface area contributed by atoms with Crippen molar-refractivity contribution in [1.29, 1.82) is 0 Å². The van der Waals surface area contributed by atoms with Crippen molar-refractivity contribution in [3.05, 3.63) is 77.5 Å². The summed E-state index contributed by atoms with van der Waals surface area (Å²) < 4.78 is 22.0. The van der Waals surface area contributed by atoms with Gasteiger partial charge in [0, 0.05) is 31.1 Å². The minimum atomic E-state index is -0.515. The van der Waals surface area contributed by atoms with Crippen LogP contribution in [0.4, 0.5) is 10.4 Å². The van der Waals surface area contributed by atoms with E-state index in [0.717, 1.165) is 29.0 Å². The van der Waals surface area contributed by atoms with Gasteiger partial charge in [-0.05, 0) is 35.7 Å². The molecule has 0 unspecified atom stereocenters. The summed E-state index contributed by atoms with van der Waals surface area (Å²) in [5.41, 5.74) is 5.02. The second-order valence-corrected chi connectivity index (χ2v) is 8.35. The summed E-state index contributed by atoms with van der Waals surface area (Å²) in [7, 11) is 0. The summed E-state index contributed by atoms with van der Waals surface area (Å²) in [5, 5.41) is 13.2. The van der Waals surface area contributed by atoms with Crippen molar-refractivity contribution in [1.82, 2.24) is 34.8 Å². The van der Waals surface area contributed by atoms with Gasteiger partial charge in [-0.1, -0.05) is 25.0 Å². The summed E-state index contributed by atoms with van der Waals surface area (Å²) >= 11 is 0. The van der Waals surface area contributed by atoms with Crippen molar-refractivity contribution < 1.29 is 8.81 Å². The number of aromatic nitrogens is 7. The van der Waals surface area contributed by atoms with Crippen LogP contribution in [0.1, 0.15) is 48.5 Å². The quantitative estimate of drug-likeness (QED) is 0.448. The Morgan fingerprint density at radius 3 is 2.94 bits per heavy atom. The van der Waals surface area contributed by atoms with E-state index in [9.17, 15) is 4.39 Å². The molecule has 0 amide bonds. The Balaban J connectivity index is 1.46. The van der Waals surface area contributed by atoms with E-state index in [1.807, 2.05) is 21.7 Å². The maximum atomic E-state index is 14.2. The van der Waals surface area contributed by atoms with Gasteiger partial charge in [0.05, 0.1) is 23.2 Å². The highest BCUT2D eigenvalue weighted by molar-refractivity contribution is 5.59. The molecule has 1 aliphatic rings. The van der Waals surface area contributed by atoms with Gasteiger partial charge in [-0.3, -0.25) is 0 Å². The SMILES string of the molecule is CC(C)c1cccn2nc([C@H]3c4nc[nH]c4CCN3c3nnc(-c4ncccc4F)o3)cc12. The number of nitrogens with zero attached hydrogens (tertiary/aromatic N) is 7. The highest BCUT2D eigenvalue weighted by atomic mass is 19.1. The zero-order chi connectivity index (χ0) is 22.5. The molecular formula is C23H21FN8O. The lowest BCUT2D eigenvalue weighted by atomic mass is 9.99. The van der Waals surface area contributed by atoms with Gasteiger partial charge >= 0.3 is 6.01 Å². The molecular weight excluding hydrogens is 423 g/mol. The zero-order valence-electron chi connectivity index (χ0n) is 18.1. The topological polar surface area (TPSA) is 101 Å². The molecule has 0 saturated heterocycles. The van der Waals surface area contributed by atoms with Gasteiger partial charge in [0.15, 0.2) is 11.5 Å². The van der Waals surface area contributed by atoms with Crippen molar-refractivity contribution in [3.63, 3.8) is 0 Å². The molecule has 33 heavy (non-hydrogen) atoms. The summed E-state index contributed by atoms with van der Waals surface area (Å²) in [6.07, 6.45) is 5.86. The standard InChI is InChI=1S/C23H21FN8O/c1-13(2)14-5-4-9-32-18(14)11-17(30-32)21-20-16(26-12-27-20)7-10-31(21)23-29-28-22(33-23)19-15(24)6-3-8-25-19/h3-6,8-9,11-13,21H,7,10H2,1-2H3,(H,26,27)/t21-/m0/s1. The number of pyridine rings is 2. The fourth-order valence-corrected chi connectivity index (χ4v) is 4.43. The minimum Gasteiger partial charge on any atom is -0.401 e. The molecule has 0 aliphatic carbocycles. The van der Waals surface area contributed by atoms with Crippen molar-refractivity contribution in [3.8, 4) is 11.6 Å². The molecule has 1 atom stereocenters. The van der Waals surface area contributed by atoms with Gasteiger partial charge in [0.25, 0.3) is 5.89 Å². The number of H-pyrrole nitrogens is 1. The number of imidazole rings is 1. The number of anilines is 1. The van der Waals surface area contributed by atoms with Gasteiger partial charge in [0.1, 0.15) is 6.04 Å². The fourth-order valence-electron chi connectivity index (χ4n) is 4.43. The molecule has 6 rings (SSSR count). The molecule has 0 saturated carbocycles. The molecule has 166 valence electrons. The first kappa shape index (κ1) is 19.6. The van der Waals surface area contributed by atoms with Crippen LogP contribution in [-0.4, -0.2) is 41.3 Å². The molecule has 6 heterocycles. The Labute approximate surface area is 188 Å². The molecule has 0 spiro atoms. The lowest BCUT2D eigenvalue weighted by molar-refractivity contribution is 0.499. The molecule has 9 nitrogen and oxygen atoms in total. The number of halogens is 1. The third kappa shape index (κ3) is 3.17. The number of fused-ring (bicyclic) bond motifs is 2. The van der Waals surface area contributed by atoms with Crippen LogP contribution >= 0.6 is 0 Å². The van der Waals surface area contributed by atoms with Crippen molar-refractivity contribution >= 4 is 11.5 Å². The Hall–Kier alpha value is -4.08. The summed E-state index contributed by atoms with van der Waals surface area (Å²) in [6.45, 7) is 4.94. The van der Waals surface area contributed by atoms with E-state index in [-0.39, 0.29) is 23.6 Å². The van der Waals surface area contributed by atoms with Gasteiger partial charge in [-0.25, -0.2) is 18.9 Å². The summed E-state index contributed by atoms with van der Waals surface area (Å²) in [4.78, 5) is 13.8. The van der Waals surface area contributed by atoms with E-state index in [4.69, 9.17) is 9.52 Å². The van der Waals surface area contributed by atoms with E-state index in [1.165, 1.54) is 23.9 Å². The number of hydrogen-bond donors (Lipinski definition) is 1. The van der Waals surface area contributed by atoms with E-state index < -0.39 is 5.82 Å². The minimum absolute atomic E-state index is 0.0274. The first-order valence-corrected chi connectivity index (χ1v) is 10.8. The van der Waals surface area contributed by atoms with Crippen LogP contribution in [0.2, 0.25) is 0 Å². The normalized spacial score (nSPS) is 16.0. The predicted molar refractivity (Wildman–Crippen MR) is 118 cm³/mol. The highest BCUT2D eigenvalue weighted by Gasteiger charge is 2.36. The van der Waals surface area contributed by atoms with E-state index in [1.54, 1.807) is 6.33 Å². The maximum Gasteiger partial charge on any atom is 0.319 e. The van der Waals surface area contributed by atoms with Crippen molar-refractivity contribution in [2.24, 2.45) is 0 Å². The largest absolute Gasteiger partial charge is 0.401 e. The molecule has 1 aliphatic heterocycles. The zero-order valence-corrected chi connectivity index (χ0v) is 18.1. The monoisotopic (exact) mass is 444 g/mol. The predicted octanol–water partition coefficient (Wildman–Crippen LogP) is 3.92. The van der Waals surface area contributed by atoms with Crippen LogP contribution in [0, 0.1) is 5.82 Å². The molecule has 0 aromatic carbocycles. The number of nitrogens with one attached hydrogen (secondary N) is 1. The van der Waals surface area contributed by atoms with Crippen LogP contribution in [0.25, 0.3) is 17.1 Å². The summed E-state index contributed by atoms with van der Waals surface area (Å²) in [5.74, 6) is -0.126. The third-order valence-electron chi connectivity index (χ3n) is 6.00.